The summed E-state index contributed by atoms with van der Waals surface area (Å²) in [6, 6.07) is 21.1. The first kappa shape index (κ1) is 54.2. The molecule has 2 saturated heterocycles. The van der Waals surface area contributed by atoms with Crippen LogP contribution < -0.4 is 14.2 Å². The van der Waals surface area contributed by atoms with E-state index < -0.39 is 35.8 Å². The number of epoxide rings is 2. The van der Waals surface area contributed by atoms with Gasteiger partial charge in [-0.3, -0.25) is 0 Å². The molecule has 0 bridgehead atoms. The predicted octanol–water partition coefficient (Wildman–Crippen LogP) is 7.70. The molecule has 4 aromatic rings. The zero-order valence-corrected chi connectivity index (χ0v) is 41.3. The van der Waals surface area contributed by atoms with E-state index in [-0.39, 0.29) is 72.9 Å². The Labute approximate surface area is 434 Å². The maximum absolute atomic E-state index is 13.3. The molecular weight excluding hydrogens is 965 g/mol. The van der Waals surface area contributed by atoms with Crippen LogP contribution in [0.4, 0.5) is 0 Å². The van der Waals surface area contributed by atoms with E-state index in [1.54, 1.807) is 60.7 Å². The minimum atomic E-state index is -0.710. The second-order valence-corrected chi connectivity index (χ2v) is 17.0. The zero-order valence-electron chi connectivity index (χ0n) is 41.3. The lowest BCUT2D eigenvalue weighted by Gasteiger charge is -2.17. The molecule has 3 unspecified atom stereocenters. The zero-order chi connectivity index (χ0) is 52.9. The second-order valence-electron chi connectivity index (χ2n) is 17.0. The van der Waals surface area contributed by atoms with Crippen molar-refractivity contribution in [2.75, 3.05) is 52.9 Å². The summed E-state index contributed by atoms with van der Waals surface area (Å²) >= 11 is 0. The van der Waals surface area contributed by atoms with E-state index in [0.29, 0.717) is 92.1 Å². The summed E-state index contributed by atoms with van der Waals surface area (Å²) in [5.74, 6) is 9.25. The molecule has 3 aliphatic rings. The summed E-state index contributed by atoms with van der Waals surface area (Å²) in [7, 11) is 0. The highest BCUT2D eigenvalue weighted by atomic mass is 16.6. The van der Waals surface area contributed by atoms with Crippen molar-refractivity contribution in [3.8, 4) is 40.9 Å². The highest BCUT2D eigenvalue weighted by Crippen LogP contribution is 2.27. The van der Waals surface area contributed by atoms with E-state index in [1.165, 1.54) is 24.3 Å². The van der Waals surface area contributed by atoms with Gasteiger partial charge in [-0.15, -0.1) is 0 Å². The molecule has 2 fully saturated rings. The van der Waals surface area contributed by atoms with Gasteiger partial charge in [-0.25, -0.2) is 28.8 Å². The van der Waals surface area contributed by atoms with Crippen LogP contribution in [0.15, 0.2) is 128 Å². The quantitative estimate of drug-likeness (QED) is 0.0126. The molecule has 4 aromatic carbocycles. The summed E-state index contributed by atoms with van der Waals surface area (Å²) in [6.45, 7) is 11.0. The molecule has 75 heavy (non-hydrogen) atoms. The first-order valence-electron chi connectivity index (χ1n) is 24.2. The summed E-state index contributed by atoms with van der Waals surface area (Å²) in [5.41, 5.74) is 3.64. The van der Waals surface area contributed by atoms with Gasteiger partial charge in [-0.1, -0.05) is 49.0 Å². The SMILES string of the molecule is C=CC(=O)OCCCCOc1ccc(C(=O)Oc2ccc(C#Cc3ccc(C#Cc4ccc(OC(=O)C5=CCC(OCCCCOC(=O)C=C)C=C5)c(C(=O)OCC5CO5)c4)c(C)c3)cc2C(=O)OCC2CO2)cc1. The van der Waals surface area contributed by atoms with Gasteiger partial charge >= 0.3 is 35.8 Å². The molecule has 3 atom stereocenters. The van der Waals surface area contributed by atoms with E-state index in [9.17, 15) is 28.8 Å². The first-order chi connectivity index (χ1) is 36.4. The second kappa shape index (κ2) is 27.5. The molecule has 0 aromatic heterocycles. The Bertz CT molecular complexity index is 2970. The molecule has 7 rings (SSSR count). The molecular formula is C59H54O16. The monoisotopic (exact) mass is 1020 g/mol. The first-order valence-corrected chi connectivity index (χ1v) is 24.2. The lowest BCUT2D eigenvalue weighted by molar-refractivity contribution is -0.138. The van der Waals surface area contributed by atoms with Gasteiger partial charge in [0, 0.05) is 41.0 Å². The standard InChI is InChI=1S/C59H54O16/c1-4-54(60)68-30-8-6-28-66-46-22-18-44(19-23-46)56(62)74-52-26-14-41(33-50(52)58(64)72-37-48-35-70-48)11-10-40-12-16-43(39(3)32-40)17-13-42-15-27-53(51(34-42)59(65)73-38-49-36-71-49)75-57(63)45-20-24-47(25-21-45)67-29-7-9-31-69-55(61)5-2/h4-5,12,14-16,18-24,26-27,32-34,47-49H,1-2,6-9,25,28-31,35-38H2,3H3. The van der Waals surface area contributed by atoms with E-state index >= 15 is 0 Å². The van der Waals surface area contributed by atoms with Crippen LogP contribution in [-0.4, -0.2) is 107 Å². The van der Waals surface area contributed by atoms with Crippen LogP contribution in [0.3, 0.4) is 0 Å². The molecule has 2 aliphatic heterocycles. The Hall–Kier alpha value is -8.54. The Balaban J connectivity index is 0.973. The van der Waals surface area contributed by atoms with Crippen LogP contribution in [-0.2, 0) is 47.5 Å². The van der Waals surface area contributed by atoms with Crippen LogP contribution in [0.2, 0.25) is 0 Å². The predicted molar refractivity (Wildman–Crippen MR) is 271 cm³/mol. The highest BCUT2D eigenvalue weighted by molar-refractivity contribution is 5.98. The van der Waals surface area contributed by atoms with Crippen molar-refractivity contribution >= 4 is 35.8 Å². The number of carbonyl (C=O) groups is 6. The van der Waals surface area contributed by atoms with Crippen LogP contribution >= 0.6 is 0 Å². The molecule has 16 nitrogen and oxygen atoms in total. The van der Waals surface area contributed by atoms with Gasteiger partial charge in [-0.2, -0.15) is 0 Å². The van der Waals surface area contributed by atoms with Crippen LogP contribution in [0.5, 0.6) is 17.2 Å². The molecule has 386 valence electrons. The van der Waals surface area contributed by atoms with E-state index in [4.69, 9.17) is 47.4 Å². The molecule has 0 saturated carbocycles. The van der Waals surface area contributed by atoms with Gasteiger partial charge < -0.3 is 47.4 Å². The number of esters is 6. The maximum atomic E-state index is 13.3. The van der Waals surface area contributed by atoms with Gasteiger partial charge in [0.15, 0.2) is 0 Å². The molecule has 0 amide bonds. The number of benzene rings is 4. The summed E-state index contributed by atoms with van der Waals surface area (Å²) in [5, 5.41) is 0. The van der Waals surface area contributed by atoms with Gasteiger partial charge in [0.25, 0.3) is 0 Å². The Morgan fingerprint density at radius 2 is 1.12 bits per heavy atom. The van der Waals surface area contributed by atoms with E-state index in [1.807, 2.05) is 19.1 Å². The van der Waals surface area contributed by atoms with Gasteiger partial charge in [-0.05, 0) is 130 Å². The number of aryl methyl sites for hydroxylation is 1. The molecule has 0 radical (unpaired) electrons. The van der Waals surface area contributed by atoms with Gasteiger partial charge in [0.2, 0.25) is 0 Å². The summed E-state index contributed by atoms with van der Waals surface area (Å²) in [4.78, 5) is 75.5. The highest BCUT2D eigenvalue weighted by Gasteiger charge is 2.28. The van der Waals surface area contributed by atoms with Crippen LogP contribution in [0.25, 0.3) is 0 Å². The minimum absolute atomic E-state index is 0.00516. The summed E-state index contributed by atoms with van der Waals surface area (Å²) < 4.78 is 54.3. The van der Waals surface area contributed by atoms with Crippen molar-refractivity contribution in [2.45, 2.75) is 57.3 Å². The van der Waals surface area contributed by atoms with Crippen molar-refractivity contribution < 1.29 is 76.1 Å². The summed E-state index contributed by atoms with van der Waals surface area (Å²) in [6.07, 6.45) is 9.73. The average Bonchev–Trinajstić information content (AvgIpc) is 4.38. The fraction of sp³-hybridized carbons (Fsp3) is 0.288. The Morgan fingerprint density at radius 1 is 0.600 bits per heavy atom. The van der Waals surface area contributed by atoms with Crippen molar-refractivity contribution in [2.24, 2.45) is 0 Å². The lowest BCUT2D eigenvalue weighted by Crippen LogP contribution is -2.19. The third-order valence-corrected chi connectivity index (χ3v) is 11.2. The topological polar surface area (TPSA) is 201 Å². The van der Waals surface area contributed by atoms with Crippen molar-refractivity contribution in [3.05, 3.63) is 172 Å². The molecule has 2 heterocycles. The van der Waals surface area contributed by atoms with Crippen molar-refractivity contribution in [1.29, 1.82) is 0 Å². The molecule has 16 heteroatoms. The van der Waals surface area contributed by atoms with Gasteiger partial charge in [0.1, 0.15) is 53.8 Å². The normalized spacial score (nSPS) is 15.7. The van der Waals surface area contributed by atoms with Crippen LogP contribution in [0, 0.1) is 30.6 Å². The van der Waals surface area contributed by atoms with E-state index in [0.717, 1.165) is 17.7 Å². The van der Waals surface area contributed by atoms with E-state index in [2.05, 4.69) is 36.8 Å². The largest absolute Gasteiger partial charge is 0.494 e. The number of hydrogen-bond donors (Lipinski definition) is 0. The minimum Gasteiger partial charge on any atom is -0.494 e. The lowest BCUT2D eigenvalue weighted by atomic mass is 10.0. The number of rotatable bonds is 24. The molecule has 0 N–H and O–H groups in total. The number of unbranched alkanes of at least 4 members (excludes halogenated alkanes) is 2. The Kier molecular flexibility index (Phi) is 19.9. The smallest absolute Gasteiger partial charge is 0.343 e. The molecule has 1 aliphatic carbocycles. The van der Waals surface area contributed by atoms with Gasteiger partial charge in [0.05, 0.1) is 50.3 Å². The maximum Gasteiger partial charge on any atom is 0.343 e. The number of hydrogen-bond acceptors (Lipinski definition) is 16. The van der Waals surface area contributed by atoms with Crippen molar-refractivity contribution in [3.63, 3.8) is 0 Å². The third-order valence-electron chi connectivity index (χ3n) is 11.2. The third kappa shape index (κ3) is 17.6. The molecule has 0 spiro atoms. The fourth-order valence-electron chi connectivity index (χ4n) is 6.88. The number of carbonyl (C=O) groups excluding carboxylic acids is 6. The Morgan fingerprint density at radius 3 is 1.65 bits per heavy atom. The fourth-order valence-corrected chi connectivity index (χ4v) is 6.88. The average molecular weight is 1020 g/mol. The van der Waals surface area contributed by atoms with Crippen LogP contribution in [0.1, 0.15) is 91.0 Å². The number of ether oxygens (including phenoxy) is 10. The van der Waals surface area contributed by atoms with Crippen molar-refractivity contribution in [1.82, 2.24) is 0 Å².